The zero-order valence-corrected chi connectivity index (χ0v) is 7.12. The van der Waals surface area contributed by atoms with E-state index in [0.717, 1.165) is 0 Å². The van der Waals surface area contributed by atoms with Crippen LogP contribution in [0.5, 0.6) is 0 Å². The molecule has 14 heavy (non-hydrogen) atoms. The normalized spacial score (nSPS) is 14.0. The summed E-state index contributed by atoms with van der Waals surface area (Å²) in [6.07, 6.45) is -6.03. The van der Waals surface area contributed by atoms with Crippen molar-refractivity contribution in [2.24, 2.45) is 0 Å². The van der Waals surface area contributed by atoms with Crippen LogP contribution in [0.15, 0.2) is 18.3 Å². The Morgan fingerprint density at radius 1 is 1.50 bits per heavy atom. The van der Waals surface area contributed by atoms with E-state index in [1.807, 2.05) is 0 Å². The van der Waals surface area contributed by atoms with Gasteiger partial charge in [-0.05, 0) is 6.07 Å². The molecular weight excluding hydrogens is 197 g/mol. The molecule has 0 saturated carbocycles. The van der Waals surface area contributed by atoms with Gasteiger partial charge < -0.3 is 10.8 Å². The largest absolute Gasteiger partial charge is 0.391 e. The first-order valence-electron chi connectivity index (χ1n) is 3.85. The molecule has 3 N–H and O–H groups in total. The van der Waals surface area contributed by atoms with Crippen LogP contribution in [-0.4, -0.2) is 16.3 Å². The second-order valence-electron chi connectivity index (χ2n) is 2.81. The molecule has 1 rings (SSSR count). The summed E-state index contributed by atoms with van der Waals surface area (Å²) in [5.74, 6) is -0.0794. The number of nitrogens with two attached hydrogens (primary N) is 1. The van der Waals surface area contributed by atoms with E-state index in [-0.39, 0.29) is 11.4 Å². The van der Waals surface area contributed by atoms with Crippen LogP contribution in [0.1, 0.15) is 18.1 Å². The minimum atomic E-state index is -4.41. The van der Waals surface area contributed by atoms with Gasteiger partial charge in [0.1, 0.15) is 5.82 Å². The number of pyridine rings is 1. The number of hydrogen-bond donors (Lipinski definition) is 2. The summed E-state index contributed by atoms with van der Waals surface area (Å²) in [6.45, 7) is 0. The highest BCUT2D eigenvalue weighted by Crippen LogP contribution is 2.30. The van der Waals surface area contributed by atoms with E-state index in [0.29, 0.717) is 0 Å². The van der Waals surface area contributed by atoms with Crippen molar-refractivity contribution in [2.75, 3.05) is 5.73 Å². The van der Waals surface area contributed by atoms with Crippen LogP contribution in [0.25, 0.3) is 0 Å². The van der Waals surface area contributed by atoms with Crippen molar-refractivity contribution in [1.82, 2.24) is 4.98 Å². The summed E-state index contributed by atoms with van der Waals surface area (Å²) >= 11 is 0. The van der Waals surface area contributed by atoms with Gasteiger partial charge in [0.2, 0.25) is 0 Å². The van der Waals surface area contributed by atoms with E-state index in [1.54, 1.807) is 0 Å². The van der Waals surface area contributed by atoms with Gasteiger partial charge in [0.25, 0.3) is 0 Å². The molecule has 0 aliphatic heterocycles. The maximum atomic E-state index is 11.9. The lowest BCUT2D eigenvalue weighted by molar-refractivity contribution is -0.154. The SMILES string of the molecule is Nc1ncccc1C(O)CC(F)(F)F. The highest BCUT2D eigenvalue weighted by Gasteiger charge is 2.32. The quantitative estimate of drug-likeness (QED) is 0.773. The number of nitrogens with zero attached hydrogens (tertiary/aromatic N) is 1. The lowest BCUT2D eigenvalue weighted by Gasteiger charge is -2.14. The van der Waals surface area contributed by atoms with Gasteiger partial charge in [0, 0.05) is 11.8 Å². The fourth-order valence-electron chi connectivity index (χ4n) is 1.04. The fourth-order valence-corrected chi connectivity index (χ4v) is 1.04. The van der Waals surface area contributed by atoms with Crippen LogP contribution < -0.4 is 5.73 Å². The summed E-state index contributed by atoms with van der Waals surface area (Å²) in [5.41, 5.74) is 5.31. The molecule has 0 radical (unpaired) electrons. The van der Waals surface area contributed by atoms with Crippen molar-refractivity contribution < 1.29 is 18.3 Å². The number of halogens is 3. The zero-order chi connectivity index (χ0) is 10.8. The zero-order valence-electron chi connectivity index (χ0n) is 7.12. The first-order chi connectivity index (χ1) is 6.40. The summed E-state index contributed by atoms with van der Waals surface area (Å²) in [5, 5.41) is 9.20. The monoisotopic (exact) mass is 206 g/mol. The summed E-state index contributed by atoms with van der Waals surface area (Å²) < 4.78 is 35.7. The van der Waals surface area contributed by atoms with Crippen LogP contribution in [-0.2, 0) is 0 Å². The Kier molecular flexibility index (Phi) is 2.95. The topological polar surface area (TPSA) is 59.1 Å². The Morgan fingerprint density at radius 3 is 2.64 bits per heavy atom. The molecule has 0 bridgehead atoms. The molecule has 1 heterocycles. The van der Waals surface area contributed by atoms with E-state index < -0.39 is 18.7 Å². The average Bonchev–Trinajstić information content (AvgIpc) is 2.01. The van der Waals surface area contributed by atoms with Gasteiger partial charge in [-0.15, -0.1) is 0 Å². The Hall–Kier alpha value is -1.30. The molecule has 0 amide bonds. The molecule has 78 valence electrons. The molecule has 1 atom stereocenters. The van der Waals surface area contributed by atoms with E-state index in [2.05, 4.69) is 4.98 Å². The minimum Gasteiger partial charge on any atom is -0.388 e. The molecule has 0 aromatic carbocycles. The summed E-state index contributed by atoms with van der Waals surface area (Å²) in [4.78, 5) is 3.58. The smallest absolute Gasteiger partial charge is 0.388 e. The van der Waals surface area contributed by atoms with Crippen molar-refractivity contribution in [3.8, 4) is 0 Å². The Bertz CT molecular complexity index is 314. The fraction of sp³-hybridized carbons (Fsp3) is 0.375. The van der Waals surface area contributed by atoms with Crippen LogP contribution in [0.2, 0.25) is 0 Å². The maximum absolute atomic E-state index is 11.9. The number of anilines is 1. The lowest BCUT2D eigenvalue weighted by Crippen LogP contribution is -2.14. The van der Waals surface area contributed by atoms with Gasteiger partial charge >= 0.3 is 6.18 Å². The number of hydrogen-bond acceptors (Lipinski definition) is 3. The summed E-state index contributed by atoms with van der Waals surface area (Å²) in [7, 11) is 0. The third kappa shape index (κ3) is 2.88. The third-order valence-corrected chi connectivity index (χ3v) is 1.66. The van der Waals surface area contributed by atoms with Gasteiger partial charge in [-0.1, -0.05) is 6.07 Å². The molecule has 6 heteroatoms. The van der Waals surface area contributed by atoms with Crippen molar-refractivity contribution in [3.63, 3.8) is 0 Å². The van der Waals surface area contributed by atoms with Crippen molar-refractivity contribution in [3.05, 3.63) is 23.9 Å². The number of nitrogen functional groups attached to an aromatic ring is 1. The van der Waals surface area contributed by atoms with Gasteiger partial charge in [0.05, 0.1) is 12.5 Å². The van der Waals surface area contributed by atoms with E-state index in [1.165, 1.54) is 18.3 Å². The molecule has 1 aromatic rings. The average molecular weight is 206 g/mol. The molecular formula is C8H9F3N2O. The predicted octanol–water partition coefficient (Wildman–Crippen LogP) is 1.65. The lowest BCUT2D eigenvalue weighted by atomic mass is 10.1. The summed E-state index contributed by atoms with van der Waals surface area (Å²) in [6, 6.07) is 2.74. The second kappa shape index (κ2) is 3.83. The Balaban J connectivity index is 2.80. The molecule has 1 unspecified atom stereocenters. The van der Waals surface area contributed by atoms with Crippen LogP contribution in [0, 0.1) is 0 Å². The van der Waals surface area contributed by atoms with Crippen molar-refractivity contribution in [1.29, 1.82) is 0 Å². The van der Waals surface area contributed by atoms with Crippen LogP contribution in [0.3, 0.4) is 0 Å². The predicted molar refractivity (Wildman–Crippen MR) is 44.3 cm³/mol. The molecule has 0 saturated heterocycles. The van der Waals surface area contributed by atoms with Crippen molar-refractivity contribution in [2.45, 2.75) is 18.7 Å². The van der Waals surface area contributed by atoms with E-state index in [9.17, 15) is 18.3 Å². The molecule has 1 aromatic heterocycles. The van der Waals surface area contributed by atoms with Crippen molar-refractivity contribution >= 4 is 5.82 Å². The number of alkyl halides is 3. The first kappa shape index (κ1) is 10.8. The standard InChI is InChI=1S/C8H9F3N2O/c9-8(10,11)4-6(14)5-2-1-3-13-7(5)12/h1-3,6,14H,4H2,(H2,12,13). The molecule has 3 nitrogen and oxygen atoms in total. The third-order valence-electron chi connectivity index (χ3n) is 1.66. The maximum Gasteiger partial charge on any atom is 0.391 e. The van der Waals surface area contributed by atoms with Gasteiger partial charge in [0.15, 0.2) is 0 Å². The van der Waals surface area contributed by atoms with E-state index >= 15 is 0 Å². The number of rotatable bonds is 2. The van der Waals surface area contributed by atoms with Crippen LogP contribution in [0.4, 0.5) is 19.0 Å². The van der Waals surface area contributed by atoms with Gasteiger partial charge in [-0.2, -0.15) is 13.2 Å². The number of aliphatic hydroxyl groups excluding tert-OH is 1. The molecule has 0 spiro atoms. The Labute approximate surface area is 78.4 Å². The van der Waals surface area contributed by atoms with E-state index in [4.69, 9.17) is 5.73 Å². The highest BCUT2D eigenvalue weighted by molar-refractivity contribution is 5.39. The molecule has 0 fully saturated rings. The molecule has 0 aliphatic rings. The van der Waals surface area contributed by atoms with Crippen LogP contribution >= 0.6 is 0 Å². The highest BCUT2D eigenvalue weighted by atomic mass is 19.4. The minimum absolute atomic E-state index is 0.00447. The first-order valence-corrected chi connectivity index (χ1v) is 3.85. The number of aliphatic hydroxyl groups is 1. The second-order valence-corrected chi connectivity index (χ2v) is 2.81. The molecule has 0 aliphatic carbocycles. The number of aromatic nitrogens is 1. The van der Waals surface area contributed by atoms with Gasteiger partial charge in [-0.3, -0.25) is 0 Å². The van der Waals surface area contributed by atoms with Gasteiger partial charge in [-0.25, -0.2) is 4.98 Å². The Morgan fingerprint density at radius 2 is 2.14 bits per heavy atom.